The van der Waals surface area contributed by atoms with E-state index < -0.39 is 0 Å². The third-order valence-electron chi connectivity index (χ3n) is 11.6. The zero-order valence-electron chi connectivity index (χ0n) is 34.9. The van der Waals surface area contributed by atoms with Gasteiger partial charge in [-0.1, -0.05) is 152 Å². The second kappa shape index (κ2) is 15.2. The van der Waals surface area contributed by atoms with E-state index >= 15 is 0 Å². The molecule has 0 fully saturated rings. The second-order valence-corrected chi connectivity index (χ2v) is 18.3. The Labute approximate surface area is 340 Å². The van der Waals surface area contributed by atoms with Gasteiger partial charge in [-0.25, -0.2) is 0 Å². The molecule has 8 aromatic rings. The maximum absolute atomic E-state index is 2.44. The minimum atomic E-state index is 0.0924. The summed E-state index contributed by atoms with van der Waals surface area (Å²) in [5.41, 5.74) is 15.0. The first-order valence-electron chi connectivity index (χ1n) is 20.7. The van der Waals surface area contributed by atoms with Crippen molar-refractivity contribution in [3.8, 4) is 27.9 Å². The molecule has 0 N–H and O–H groups in total. The van der Waals surface area contributed by atoms with Crippen LogP contribution in [0.5, 0.6) is 0 Å². The summed E-state index contributed by atoms with van der Waals surface area (Å²) < 4.78 is 2.44. The van der Waals surface area contributed by atoms with Crippen molar-refractivity contribution in [2.24, 2.45) is 11.3 Å². The van der Waals surface area contributed by atoms with E-state index in [9.17, 15) is 0 Å². The summed E-state index contributed by atoms with van der Waals surface area (Å²) >= 11 is 0. The highest BCUT2D eigenvalue weighted by Crippen LogP contribution is 2.42. The summed E-state index contributed by atoms with van der Waals surface area (Å²) in [4.78, 5) is 2.31. The number of rotatable bonds is 9. The Morgan fingerprint density at radius 3 is 1.35 bits per heavy atom. The lowest BCUT2D eigenvalue weighted by Gasteiger charge is -2.32. The zero-order chi connectivity index (χ0) is 39.9. The van der Waals surface area contributed by atoms with Gasteiger partial charge in [0.2, 0.25) is 0 Å². The van der Waals surface area contributed by atoms with E-state index in [-0.39, 0.29) is 10.8 Å². The van der Waals surface area contributed by atoms with Crippen LogP contribution in [-0.4, -0.2) is 4.57 Å². The van der Waals surface area contributed by atoms with Crippen LogP contribution in [0.25, 0.3) is 49.7 Å². The number of nitrogens with zero attached hydrogens (tertiary/aromatic N) is 2. The smallest absolute Gasteiger partial charge is 0.0541 e. The molecular formula is C55H56N2. The molecule has 0 aliphatic heterocycles. The van der Waals surface area contributed by atoms with Gasteiger partial charge in [0.1, 0.15) is 0 Å². The molecule has 0 radical (unpaired) electrons. The molecule has 2 nitrogen and oxygen atoms in total. The van der Waals surface area contributed by atoms with Crippen LogP contribution >= 0.6 is 0 Å². The molecule has 0 aliphatic carbocycles. The van der Waals surface area contributed by atoms with Crippen molar-refractivity contribution in [3.05, 3.63) is 181 Å². The van der Waals surface area contributed by atoms with E-state index in [0.717, 1.165) is 17.1 Å². The molecule has 0 amide bonds. The number of hydrogen-bond acceptors (Lipinski definition) is 1. The molecule has 0 saturated carbocycles. The Bertz CT molecular complexity index is 2560. The number of aromatic nitrogens is 1. The molecule has 0 saturated heterocycles. The van der Waals surface area contributed by atoms with Gasteiger partial charge in [0.15, 0.2) is 0 Å². The van der Waals surface area contributed by atoms with Crippen LogP contribution in [0, 0.1) is 11.3 Å². The lowest BCUT2D eigenvalue weighted by Crippen LogP contribution is -2.20. The van der Waals surface area contributed by atoms with Gasteiger partial charge >= 0.3 is 0 Å². The molecule has 8 rings (SSSR count). The first-order valence-corrected chi connectivity index (χ1v) is 20.7. The first-order chi connectivity index (χ1) is 27.3. The number of benzene rings is 7. The lowest BCUT2D eigenvalue weighted by atomic mass is 9.72. The summed E-state index contributed by atoms with van der Waals surface area (Å²) in [5.74, 6) is 1.17. The summed E-state index contributed by atoms with van der Waals surface area (Å²) in [6, 6.07) is 62.8. The first kappa shape index (κ1) is 38.0. The average molecular weight is 745 g/mol. The number of hydrogen-bond donors (Lipinski definition) is 0. The summed E-state index contributed by atoms with van der Waals surface area (Å²) in [6.45, 7) is 18.6. The largest absolute Gasteiger partial charge is 0.311 e. The third kappa shape index (κ3) is 7.79. The van der Waals surface area contributed by atoms with Crippen molar-refractivity contribution in [2.45, 2.75) is 73.1 Å². The highest BCUT2D eigenvalue weighted by atomic mass is 15.1. The molecule has 286 valence electrons. The van der Waals surface area contributed by atoms with Gasteiger partial charge in [-0.15, -0.1) is 0 Å². The van der Waals surface area contributed by atoms with Crippen molar-refractivity contribution in [1.29, 1.82) is 0 Å². The van der Waals surface area contributed by atoms with Gasteiger partial charge in [0.05, 0.1) is 11.0 Å². The molecule has 1 unspecified atom stereocenters. The average Bonchev–Trinajstić information content (AvgIpc) is 3.53. The Morgan fingerprint density at radius 2 is 0.912 bits per heavy atom. The fraction of sp³-hybridized carbons (Fsp3) is 0.236. The van der Waals surface area contributed by atoms with Crippen LogP contribution in [-0.2, 0) is 5.41 Å². The third-order valence-corrected chi connectivity index (χ3v) is 11.6. The lowest BCUT2D eigenvalue weighted by molar-refractivity contribution is 0.280. The van der Waals surface area contributed by atoms with Crippen LogP contribution in [0.2, 0.25) is 0 Å². The fourth-order valence-electron chi connectivity index (χ4n) is 8.54. The van der Waals surface area contributed by atoms with Crippen LogP contribution in [0.15, 0.2) is 170 Å². The highest BCUT2D eigenvalue weighted by Gasteiger charge is 2.27. The predicted octanol–water partition coefficient (Wildman–Crippen LogP) is 16.1. The van der Waals surface area contributed by atoms with Gasteiger partial charge in [-0.3, -0.25) is 0 Å². The molecule has 2 heteroatoms. The van der Waals surface area contributed by atoms with E-state index in [1.54, 1.807) is 0 Å². The van der Waals surface area contributed by atoms with Gasteiger partial charge in [0.25, 0.3) is 0 Å². The number of para-hydroxylation sites is 2. The van der Waals surface area contributed by atoms with Gasteiger partial charge in [-0.05, 0) is 135 Å². The van der Waals surface area contributed by atoms with Crippen molar-refractivity contribution in [1.82, 2.24) is 4.57 Å². The molecule has 7 aromatic carbocycles. The maximum Gasteiger partial charge on any atom is 0.0541 e. The Morgan fingerprint density at radius 1 is 0.474 bits per heavy atom. The van der Waals surface area contributed by atoms with Crippen molar-refractivity contribution >= 4 is 38.9 Å². The van der Waals surface area contributed by atoms with Gasteiger partial charge in [0, 0.05) is 33.5 Å². The van der Waals surface area contributed by atoms with Crippen LogP contribution in [0.4, 0.5) is 17.1 Å². The molecular weight excluding hydrogens is 689 g/mol. The van der Waals surface area contributed by atoms with E-state index in [2.05, 4.69) is 235 Å². The van der Waals surface area contributed by atoms with Crippen LogP contribution in [0.3, 0.4) is 0 Å². The molecule has 0 spiro atoms. The number of anilines is 3. The molecule has 1 heterocycles. The fourth-order valence-corrected chi connectivity index (χ4v) is 8.54. The maximum atomic E-state index is 2.44. The van der Waals surface area contributed by atoms with E-state index in [4.69, 9.17) is 0 Å². The Kier molecular flexibility index (Phi) is 10.2. The minimum absolute atomic E-state index is 0.0924. The summed E-state index contributed by atoms with van der Waals surface area (Å²) in [7, 11) is 0. The molecule has 0 bridgehead atoms. The Hall–Kier alpha value is -5.86. The van der Waals surface area contributed by atoms with Gasteiger partial charge in [-0.2, -0.15) is 0 Å². The molecule has 57 heavy (non-hydrogen) atoms. The van der Waals surface area contributed by atoms with E-state index in [1.165, 1.54) is 67.3 Å². The summed E-state index contributed by atoms with van der Waals surface area (Å²) in [6.07, 6.45) is 1.19. The number of fused-ring (bicyclic) bond motifs is 3. The SMILES string of the molecule is CC(C)CC(c1ccc(-c2ccc3c(c2)c2cc(-c4ccc(N(c5ccccc5)c5ccccc5)cc4)ccc2n3-c2ccc(C(C)(C)C)cc2)cc1)C(C)(C)C. The molecule has 0 aliphatic rings. The van der Waals surface area contributed by atoms with E-state index in [1.807, 2.05) is 0 Å². The second-order valence-electron chi connectivity index (χ2n) is 18.3. The van der Waals surface area contributed by atoms with Crippen LogP contribution < -0.4 is 4.90 Å². The normalized spacial score (nSPS) is 12.7. The van der Waals surface area contributed by atoms with Crippen molar-refractivity contribution < 1.29 is 0 Å². The highest BCUT2D eigenvalue weighted by molar-refractivity contribution is 6.11. The monoisotopic (exact) mass is 744 g/mol. The minimum Gasteiger partial charge on any atom is -0.311 e. The van der Waals surface area contributed by atoms with Gasteiger partial charge < -0.3 is 9.47 Å². The van der Waals surface area contributed by atoms with Crippen molar-refractivity contribution in [2.75, 3.05) is 4.90 Å². The Balaban J connectivity index is 1.22. The predicted molar refractivity (Wildman–Crippen MR) is 247 cm³/mol. The van der Waals surface area contributed by atoms with E-state index in [0.29, 0.717) is 11.8 Å². The molecule has 1 atom stereocenters. The van der Waals surface area contributed by atoms with Crippen molar-refractivity contribution in [3.63, 3.8) is 0 Å². The van der Waals surface area contributed by atoms with Crippen LogP contribution in [0.1, 0.15) is 78.9 Å². The summed E-state index contributed by atoms with van der Waals surface area (Å²) in [5, 5.41) is 2.52. The standard InChI is InChI=1S/C55H56N2/c1-38(2)35-51(55(6,7)8)41-21-19-39(20-22-41)42-25-33-52-49(36-42)50-37-43(26-34-53(50)57(52)48-31-27-44(28-32-48)54(3,4)5)40-23-29-47(30-24-40)56(45-15-11-9-12-16-45)46-17-13-10-14-18-46/h9-34,36-38,51H,35H2,1-8H3. The topological polar surface area (TPSA) is 8.17 Å². The zero-order valence-corrected chi connectivity index (χ0v) is 34.9. The molecule has 1 aromatic heterocycles. The quantitative estimate of drug-likeness (QED) is 0.143.